The van der Waals surface area contributed by atoms with Gasteiger partial charge in [-0.25, -0.2) is 0 Å². The molecule has 4 nitrogen and oxygen atoms in total. The minimum absolute atomic E-state index is 0.360. The molecule has 1 fully saturated rings. The molecule has 1 aliphatic rings. The van der Waals surface area contributed by atoms with Crippen LogP contribution in [0.15, 0.2) is 18.3 Å². The minimum atomic E-state index is 0.360. The highest BCUT2D eigenvalue weighted by molar-refractivity contribution is 6.30. The molecule has 18 heavy (non-hydrogen) atoms. The molecule has 0 radical (unpaired) electrons. The van der Waals surface area contributed by atoms with Crippen LogP contribution >= 0.6 is 11.6 Å². The van der Waals surface area contributed by atoms with Crippen molar-refractivity contribution in [3.05, 3.63) is 29.2 Å². The van der Waals surface area contributed by atoms with Crippen molar-refractivity contribution in [2.45, 2.75) is 38.8 Å². The van der Waals surface area contributed by atoms with Crippen LogP contribution in [0.2, 0.25) is 5.02 Å². The van der Waals surface area contributed by atoms with Gasteiger partial charge in [-0.3, -0.25) is 9.30 Å². The van der Waals surface area contributed by atoms with Crippen LogP contribution in [0.3, 0.4) is 0 Å². The number of hydrogen-bond donors (Lipinski definition) is 0. The Labute approximate surface area is 112 Å². The number of halogens is 1. The van der Waals surface area contributed by atoms with E-state index in [-0.39, 0.29) is 0 Å². The Morgan fingerprint density at radius 1 is 1.33 bits per heavy atom. The summed E-state index contributed by atoms with van der Waals surface area (Å²) in [5, 5.41) is 9.31. The van der Waals surface area contributed by atoms with Gasteiger partial charge in [0.15, 0.2) is 11.5 Å². The van der Waals surface area contributed by atoms with Gasteiger partial charge in [-0.05, 0) is 45.4 Å². The maximum absolute atomic E-state index is 6.06. The van der Waals surface area contributed by atoms with Gasteiger partial charge in [0.2, 0.25) is 0 Å². The van der Waals surface area contributed by atoms with Gasteiger partial charge >= 0.3 is 0 Å². The summed E-state index contributed by atoms with van der Waals surface area (Å²) in [5.41, 5.74) is 0.866. The molecule has 0 saturated carbocycles. The van der Waals surface area contributed by atoms with Gasteiger partial charge in [0.05, 0.1) is 11.1 Å². The van der Waals surface area contributed by atoms with Crippen LogP contribution in [0.5, 0.6) is 0 Å². The van der Waals surface area contributed by atoms with Gasteiger partial charge in [-0.15, -0.1) is 10.2 Å². The molecule has 0 aliphatic carbocycles. The highest BCUT2D eigenvalue weighted by Gasteiger charge is 2.31. The van der Waals surface area contributed by atoms with Crippen LogP contribution in [0.4, 0.5) is 0 Å². The second kappa shape index (κ2) is 4.52. The van der Waals surface area contributed by atoms with Crippen molar-refractivity contribution in [1.82, 2.24) is 19.5 Å². The number of pyridine rings is 1. The lowest BCUT2D eigenvalue weighted by Gasteiger charge is -2.26. The Balaban J connectivity index is 2.06. The molecule has 3 heterocycles. The summed E-state index contributed by atoms with van der Waals surface area (Å²) in [6, 6.07) is 4.65. The van der Waals surface area contributed by atoms with Gasteiger partial charge in [0.1, 0.15) is 0 Å². The maximum Gasteiger partial charge on any atom is 0.160 e. The van der Waals surface area contributed by atoms with Gasteiger partial charge in [0.25, 0.3) is 0 Å². The summed E-state index contributed by atoms with van der Waals surface area (Å²) >= 11 is 6.06. The molecule has 1 saturated heterocycles. The largest absolute Gasteiger partial charge is 0.291 e. The molecule has 0 amide bonds. The fourth-order valence-corrected chi connectivity index (χ4v) is 2.95. The fraction of sp³-hybridized carbons (Fsp3) is 0.538. The molecule has 96 valence electrons. The SMILES string of the molecule is CC(C)N1CCCC1c1nnc2ccc(Cl)cn12. The standard InChI is InChI=1S/C13H17ClN4/c1-9(2)17-7-3-4-11(17)13-16-15-12-6-5-10(14)8-18(12)13/h5-6,8-9,11H,3-4,7H2,1-2H3. The zero-order chi connectivity index (χ0) is 12.7. The van der Waals surface area contributed by atoms with E-state index in [2.05, 4.69) is 28.9 Å². The third kappa shape index (κ3) is 1.89. The Bertz CT molecular complexity index is 563. The quantitative estimate of drug-likeness (QED) is 0.836. The van der Waals surface area contributed by atoms with Crippen molar-refractivity contribution in [2.75, 3.05) is 6.54 Å². The average Bonchev–Trinajstić information content (AvgIpc) is 2.92. The van der Waals surface area contributed by atoms with E-state index in [1.807, 2.05) is 22.7 Å². The molecule has 5 heteroatoms. The van der Waals surface area contributed by atoms with Crippen molar-refractivity contribution < 1.29 is 0 Å². The smallest absolute Gasteiger partial charge is 0.160 e. The molecule has 3 rings (SSSR count). The van der Waals surface area contributed by atoms with Crippen molar-refractivity contribution >= 4 is 17.2 Å². The first-order valence-electron chi connectivity index (χ1n) is 6.43. The van der Waals surface area contributed by atoms with Crippen molar-refractivity contribution in [2.24, 2.45) is 0 Å². The zero-order valence-corrected chi connectivity index (χ0v) is 11.4. The molecule has 2 aromatic heterocycles. The second-order valence-corrected chi connectivity index (χ2v) is 5.56. The van der Waals surface area contributed by atoms with E-state index in [1.54, 1.807) is 0 Å². The summed E-state index contributed by atoms with van der Waals surface area (Å²) < 4.78 is 2.02. The van der Waals surface area contributed by atoms with Crippen LogP contribution in [0, 0.1) is 0 Å². The maximum atomic E-state index is 6.06. The van der Waals surface area contributed by atoms with E-state index >= 15 is 0 Å². The highest BCUT2D eigenvalue weighted by atomic mass is 35.5. The third-order valence-electron chi connectivity index (χ3n) is 3.65. The van der Waals surface area contributed by atoms with E-state index in [4.69, 9.17) is 11.6 Å². The Morgan fingerprint density at radius 3 is 2.94 bits per heavy atom. The number of nitrogens with zero attached hydrogens (tertiary/aromatic N) is 4. The van der Waals surface area contributed by atoms with Crippen LogP contribution in [0.25, 0.3) is 5.65 Å². The topological polar surface area (TPSA) is 33.4 Å². The molecule has 1 atom stereocenters. The summed E-state index contributed by atoms with van der Waals surface area (Å²) in [4.78, 5) is 2.48. The third-order valence-corrected chi connectivity index (χ3v) is 3.87. The number of likely N-dealkylation sites (tertiary alicyclic amines) is 1. The molecule has 0 spiro atoms. The minimum Gasteiger partial charge on any atom is -0.291 e. The normalized spacial score (nSPS) is 21.2. The van der Waals surface area contributed by atoms with Crippen LogP contribution in [-0.2, 0) is 0 Å². The molecular formula is C13H17ClN4. The predicted molar refractivity (Wildman–Crippen MR) is 71.8 cm³/mol. The van der Waals surface area contributed by atoms with Crippen molar-refractivity contribution in [3.63, 3.8) is 0 Å². The molecule has 2 aromatic rings. The first-order valence-corrected chi connectivity index (χ1v) is 6.80. The van der Waals surface area contributed by atoms with E-state index in [0.717, 1.165) is 29.5 Å². The van der Waals surface area contributed by atoms with E-state index in [1.165, 1.54) is 6.42 Å². The van der Waals surface area contributed by atoms with Gasteiger partial charge in [-0.2, -0.15) is 0 Å². The number of aromatic nitrogens is 3. The lowest BCUT2D eigenvalue weighted by molar-refractivity contribution is 0.197. The number of rotatable bonds is 2. The first kappa shape index (κ1) is 11.9. The lowest BCUT2D eigenvalue weighted by atomic mass is 10.2. The van der Waals surface area contributed by atoms with Crippen molar-refractivity contribution in [1.29, 1.82) is 0 Å². The number of hydrogen-bond acceptors (Lipinski definition) is 3. The summed E-state index contributed by atoms with van der Waals surface area (Å²) in [5.74, 6) is 1.01. The van der Waals surface area contributed by atoms with Gasteiger partial charge < -0.3 is 0 Å². The molecule has 1 unspecified atom stereocenters. The molecule has 0 N–H and O–H groups in total. The van der Waals surface area contributed by atoms with Crippen molar-refractivity contribution in [3.8, 4) is 0 Å². The van der Waals surface area contributed by atoms with E-state index < -0.39 is 0 Å². The Morgan fingerprint density at radius 2 is 2.17 bits per heavy atom. The average molecular weight is 265 g/mol. The second-order valence-electron chi connectivity index (χ2n) is 5.12. The van der Waals surface area contributed by atoms with Gasteiger partial charge in [-0.1, -0.05) is 11.6 Å². The Hall–Kier alpha value is -1.13. The fourth-order valence-electron chi connectivity index (χ4n) is 2.79. The summed E-state index contributed by atoms with van der Waals surface area (Å²) in [6.45, 7) is 5.60. The van der Waals surface area contributed by atoms with Crippen LogP contribution < -0.4 is 0 Å². The van der Waals surface area contributed by atoms with E-state index in [9.17, 15) is 0 Å². The van der Waals surface area contributed by atoms with Crippen LogP contribution in [-0.4, -0.2) is 32.1 Å². The zero-order valence-electron chi connectivity index (χ0n) is 10.7. The van der Waals surface area contributed by atoms with Crippen LogP contribution in [0.1, 0.15) is 38.6 Å². The molecule has 0 aromatic carbocycles. The first-order chi connectivity index (χ1) is 8.66. The summed E-state index contributed by atoms with van der Waals surface area (Å²) in [7, 11) is 0. The predicted octanol–water partition coefficient (Wildman–Crippen LogP) is 2.93. The molecular weight excluding hydrogens is 248 g/mol. The lowest BCUT2D eigenvalue weighted by Crippen LogP contribution is -2.31. The van der Waals surface area contributed by atoms with E-state index in [0.29, 0.717) is 12.1 Å². The van der Waals surface area contributed by atoms with Gasteiger partial charge in [0, 0.05) is 12.2 Å². The summed E-state index contributed by atoms with van der Waals surface area (Å²) in [6.07, 6.45) is 4.27. The molecule has 1 aliphatic heterocycles. The number of fused-ring (bicyclic) bond motifs is 1. The monoisotopic (exact) mass is 264 g/mol. The molecule has 0 bridgehead atoms. The highest BCUT2D eigenvalue weighted by Crippen LogP contribution is 2.32. The Kier molecular flexibility index (Phi) is 2.99.